The van der Waals surface area contributed by atoms with Crippen molar-refractivity contribution in [3.63, 3.8) is 0 Å². The van der Waals surface area contributed by atoms with Crippen LogP contribution < -0.4 is 10.1 Å². The lowest BCUT2D eigenvalue weighted by Crippen LogP contribution is -2.20. The Labute approximate surface area is 128 Å². The largest absolute Gasteiger partial charge is 0.573 e. The minimum atomic E-state index is -4.91. The van der Waals surface area contributed by atoms with Crippen LogP contribution in [0.2, 0.25) is 5.02 Å². The molecule has 0 aliphatic heterocycles. The Hall–Kier alpha value is -2.41. The highest BCUT2D eigenvalue weighted by molar-refractivity contribution is 6.34. The fourth-order valence-electron chi connectivity index (χ4n) is 1.66. The van der Waals surface area contributed by atoms with Gasteiger partial charge in [-0.1, -0.05) is 23.7 Å². The molecule has 0 aliphatic carbocycles. The number of phenols is 1. The maximum Gasteiger partial charge on any atom is 0.573 e. The monoisotopic (exact) mass is 331 g/mol. The van der Waals surface area contributed by atoms with Crippen LogP contribution >= 0.6 is 11.6 Å². The summed E-state index contributed by atoms with van der Waals surface area (Å²) in [5.41, 5.74) is -0.157. The maximum atomic E-state index is 12.3. The number of nitrogens with one attached hydrogen (secondary N) is 1. The quantitative estimate of drug-likeness (QED) is 0.829. The van der Waals surface area contributed by atoms with Crippen LogP contribution in [0.5, 0.6) is 11.5 Å². The lowest BCUT2D eigenvalue weighted by molar-refractivity contribution is -0.274. The Kier molecular flexibility index (Phi) is 4.46. The Morgan fingerprint density at radius 2 is 1.86 bits per heavy atom. The Bertz CT molecular complexity index is 704. The molecule has 2 aromatic carbocycles. The molecule has 0 radical (unpaired) electrons. The summed E-state index contributed by atoms with van der Waals surface area (Å²) in [7, 11) is 0. The van der Waals surface area contributed by atoms with E-state index in [2.05, 4.69) is 10.1 Å². The van der Waals surface area contributed by atoms with E-state index in [1.807, 2.05) is 0 Å². The molecule has 0 atom stereocenters. The van der Waals surface area contributed by atoms with Gasteiger partial charge in [0.1, 0.15) is 11.5 Å². The molecule has 0 saturated carbocycles. The molecular weight excluding hydrogens is 323 g/mol. The van der Waals surface area contributed by atoms with E-state index in [0.717, 1.165) is 6.07 Å². The number of hydrogen-bond acceptors (Lipinski definition) is 3. The summed E-state index contributed by atoms with van der Waals surface area (Å²) in [6.07, 6.45) is -4.91. The van der Waals surface area contributed by atoms with Crippen molar-refractivity contribution < 1.29 is 27.8 Å². The minimum absolute atomic E-state index is 0.0440. The second-order valence-corrected chi connectivity index (χ2v) is 4.57. The lowest BCUT2D eigenvalue weighted by Gasteiger charge is -2.13. The van der Waals surface area contributed by atoms with Gasteiger partial charge in [0.05, 0.1) is 16.3 Å². The number of anilines is 1. The van der Waals surface area contributed by atoms with Crippen molar-refractivity contribution in [2.24, 2.45) is 0 Å². The zero-order chi connectivity index (χ0) is 16.3. The highest BCUT2D eigenvalue weighted by Crippen LogP contribution is 2.29. The number of halogens is 4. The first-order valence-electron chi connectivity index (χ1n) is 5.91. The molecule has 2 rings (SSSR count). The average molecular weight is 332 g/mol. The van der Waals surface area contributed by atoms with Crippen molar-refractivity contribution in [1.82, 2.24) is 0 Å². The summed E-state index contributed by atoms with van der Waals surface area (Å²) in [6, 6.07) is 8.71. The third-order valence-corrected chi connectivity index (χ3v) is 2.87. The topological polar surface area (TPSA) is 58.6 Å². The molecule has 0 fully saturated rings. The van der Waals surface area contributed by atoms with E-state index in [-0.39, 0.29) is 22.0 Å². The van der Waals surface area contributed by atoms with E-state index in [1.165, 1.54) is 36.4 Å². The third kappa shape index (κ3) is 4.05. The van der Waals surface area contributed by atoms with Crippen LogP contribution in [0.25, 0.3) is 0 Å². The summed E-state index contributed by atoms with van der Waals surface area (Å²) in [4.78, 5) is 12.1. The van der Waals surface area contributed by atoms with Gasteiger partial charge < -0.3 is 15.2 Å². The molecule has 1 amide bonds. The van der Waals surface area contributed by atoms with Gasteiger partial charge in [-0.25, -0.2) is 0 Å². The number of carbonyl (C=O) groups excluding carboxylic acids is 1. The molecule has 0 spiro atoms. The zero-order valence-electron chi connectivity index (χ0n) is 10.8. The lowest BCUT2D eigenvalue weighted by atomic mass is 10.2. The SMILES string of the molecule is O=C(Nc1ccc(O)cc1Cl)c1ccccc1OC(F)(F)F. The van der Waals surface area contributed by atoms with Crippen LogP contribution in [0.3, 0.4) is 0 Å². The number of carbonyl (C=O) groups is 1. The predicted octanol–water partition coefficient (Wildman–Crippen LogP) is 4.20. The number of para-hydroxylation sites is 1. The van der Waals surface area contributed by atoms with Crippen molar-refractivity contribution in [1.29, 1.82) is 0 Å². The minimum Gasteiger partial charge on any atom is -0.508 e. The summed E-state index contributed by atoms with van der Waals surface area (Å²) in [5, 5.41) is 11.6. The van der Waals surface area contributed by atoms with Gasteiger partial charge in [-0.3, -0.25) is 4.79 Å². The first-order valence-corrected chi connectivity index (χ1v) is 6.29. The van der Waals surface area contributed by atoms with Gasteiger partial charge in [0.25, 0.3) is 5.91 Å². The average Bonchev–Trinajstić information content (AvgIpc) is 2.40. The van der Waals surface area contributed by atoms with Gasteiger partial charge >= 0.3 is 6.36 Å². The van der Waals surface area contributed by atoms with Gasteiger partial charge in [0, 0.05) is 6.07 Å². The van der Waals surface area contributed by atoms with E-state index >= 15 is 0 Å². The first kappa shape index (κ1) is 16.0. The molecule has 0 aliphatic rings. The molecule has 0 heterocycles. The maximum absolute atomic E-state index is 12.3. The second kappa shape index (κ2) is 6.15. The summed E-state index contributed by atoms with van der Waals surface area (Å²) < 4.78 is 40.8. The van der Waals surface area contributed by atoms with Crippen molar-refractivity contribution in [2.75, 3.05) is 5.32 Å². The standard InChI is InChI=1S/C14H9ClF3NO3/c15-10-7-8(20)5-6-11(10)19-13(21)9-3-1-2-4-12(9)22-14(16,17)18/h1-7,20H,(H,19,21). The number of rotatable bonds is 3. The molecule has 0 saturated heterocycles. The Balaban J connectivity index is 2.26. The molecule has 2 N–H and O–H groups in total. The number of hydrogen-bond donors (Lipinski definition) is 2. The highest BCUT2D eigenvalue weighted by Gasteiger charge is 2.32. The molecule has 4 nitrogen and oxygen atoms in total. The van der Waals surface area contributed by atoms with Gasteiger partial charge in [-0.05, 0) is 24.3 Å². The van der Waals surface area contributed by atoms with Crippen LogP contribution in [0.4, 0.5) is 18.9 Å². The van der Waals surface area contributed by atoms with Crippen molar-refractivity contribution in [3.8, 4) is 11.5 Å². The van der Waals surface area contributed by atoms with Crippen molar-refractivity contribution in [3.05, 3.63) is 53.1 Å². The van der Waals surface area contributed by atoms with E-state index in [0.29, 0.717) is 0 Å². The predicted molar refractivity (Wildman–Crippen MR) is 74.2 cm³/mol. The van der Waals surface area contributed by atoms with Gasteiger partial charge in [-0.15, -0.1) is 13.2 Å². The van der Waals surface area contributed by atoms with Crippen LogP contribution in [0.15, 0.2) is 42.5 Å². The second-order valence-electron chi connectivity index (χ2n) is 4.16. The molecular formula is C14H9ClF3NO3. The zero-order valence-corrected chi connectivity index (χ0v) is 11.6. The number of aromatic hydroxyl groups is 1. The smallest absolute Gasteiger partial charge is 0.508 e. The number of alkyl halides is 3. The fraction of sp³-hybridized carbons (Fsp3) is 0.0714. The normalized spacial score (nSPS) is 11.1. The molecule has 22 heavy (non-hydrogen) atoms. The molecule has 0 aromatic heterocycles. The van der Waals surface area contributed by atoms with Crippen LogP contribution in [-0.2, 0) is 0 Å². The van der Waals surface area contributed by atoms with Crippen LogP contribution in [-0.4, -0.2) is 17.4 Å². The van der Waals surface area contributed by atoms with E-state index < -0.39 is 18.0 Å². The number of amides is 1. The summed E-state index contributed by atoms with van der Waals surface area (Å²) >= 11 is 5.82. The van der Waals surface area contributed by atoms with Gasteiger partial charge in [-0.2, -0.15) is 0 Å². The number of phenolic OH excluding ortho intramolecular Hbond substituents is 1. The fourth-order valence-corrected chi connectivity index (χ4v) is 1.88. The number of benzene rings is 2. The molecule has 8 heteroatoms. The van der Waals surface area contributed by atoms with Crippen LogP contribution in [0.1, 0.15) is 10.4 Å². The molecule has 116 valence electrons. The molecule has 0 unspecified atom stereocenters. The number of ether oxygens (including phenoxy) is 1. The third-order valence-electron chi connectivity index (χ3n) is 2.56. The van der Waals surface area contributed by atoms with Gasteiger partial charge in [0.15, 0.2) is 0 Å². The van der Waals surface area contributed by atoms with E-state index in [1.54, 1.807) is 0 Å². The van der Waals surface area contributed by atoms with E-state index in [4.69, 9.17) is 11.6 Å². The first-order chi connectivity index (χ1) is 10.3. The van der Waals surface area contributed by atoms with Crippen LogP contribution in [0, 0.1) is 0 Å². The summed E-state index contributed by atoms with van der Waals surface area (Å²) in [6.45, 7) is 0. The van der Waals surface area contributed by atoms with Crippen molar-refractivity contribution >= 4 is 23.2 Å². The van der Waals surface area contributed by atoms with Gasteiger partial charge in [0.2, 0.25) is 0 Å². The molecule has 2 aromatic rings. The summed E-state index contributed by atoms with van der Waals surface area (Å²) in [5.74, 6) is -1.56. The van der Waals surface area contributed by atoms with Crippen molar-refractivity contribution in [2.45, 2.75) is 6.36 Å². The molecule has 0 bridgehead atoms. The Morgan fingerprint density at radius 1 is 1.18 bits per heavy atom. The Morgan fingerprint density at radius 3 is 2.50 bits per heavy atom. The highest BCUT2D eigenvalue weighted by atomic mass is 35.5. The van der Waals surface area contributed by atoms with E-state index in [9.17, 15) is 23.1 Å².